The predicted octanol–water partition coefficient (Wildman–Crippen LogP) is 4.11. The first-order chi connectivity index (χ1) is 13.0. The summed E-state index contributed by atoms with van der Waals surface area (Å²) < 4.78 is 15.7. The summed E-state index contributed by atoms with van der Waals surface area (Å²) in [5.74, 6) is -0.444. The Labute approximate surface area is 163 Å². The third-order valence-corrected chi connectivity index (χ3v) is 3.99. The Morgan fingerprint density at radius 2 is 1.93 bits per heavy atom. The number of halogens is 1. The fourth-order valence-electron chi connectivity index (χ4n) is 2.40. The van der Waals surface area contributed by atoms with Gasteiger partial charge < -0.3 is 19.5 Å². The molecule has 0 heterocycles. The molecule has 0 aliphatic heterocycles. The van der Waals surface area contributed by atoms with Gasteiger partial charge in [-0.25, -0.2) is 4.79 Å². The lowest BCUT2D eigenvalue weighted by atomic mass is 10.1. The average molecular weight is 392 g/mol. The lowest BCUT2D eigenvalue weighted by Gasteiger charge is -2.13. The number of anilines is 1. The van der Waals surface area contributed by atoms with Gasteiger partial charge in [0.25, 0.3) is 5.91 Å². The number of aryl methyl sites for hydroxylation is 1. The van der Waals surface area contributed by atoms with E-state index in [0.29, 0.717) is 23.8 Å². The molecular formula is C20H22ClNO5. The van der Waals surface area contributed by atoms with Gasteiger partial charge in [0, 0.05) is 5.69 Å². The Morgan fingerprint density at radius 3 is 2.59 bits per heavy atom. The molecule has 2 aromatic rings. The maximum absolute atomic E-state index is 12.2. The van der Waals surface area contributed by atoms with Gasteiger partial charge in [-0.05, 0) is 43.2 Å². The van der Waals surface area contributed by atoms with Gasteiger partial charge in [0.1, 0.15) is 0 Å². The van der Waals surface area contributed by atoms with E-state index in [1.54, 1.807) is 6.07 Å². The Kier molecular flexibility index (Phi) is 7.49. The summed E-state index contributed by atoms with van der Waals surface area (Å²) in [6.45, 7) is 3.83. The van der Waals surface area contributed by atoms with E-state index < -0.39 is 18.5 Å². The second-order valence-corrected chi connectivity index (χ2v) is 6.01. The molecule has 0 atom stereocenters. The van der Waals surface area contributed by atoms with Gasteiger partial charge in [-0.15, -0.1) is 0 Å². The zero-order valence-electron chi connectivity index (χ0n) is 15.5. The molecule has 7 heteroatoms. The van der Waals surface area contributed by atoms with Gasteiger partial charge in [-0.3, -0.25) is 4.79 Å². The molecule has 2 aromatic carbocycles. The predicted molar refractivity (Wildman–Crippen MR) is 104 cm³/mol. The third-order valence-electron chi connectivity index (χ3n) is 3.71. The molecule has 0 radical (unpaired) electrons. The highest BCUT2D eigenvalue weighted by atomic mass is 35.5. The minimum atomic E-state index is -0.685. The van der Waals surface area contributed by atoms with Crippen LogP contribution in [0, 0.1) is 0 Å². The second kappa shape index (κ2) is 9.83. The SMILES string of the molecule is CCOc1c(Cl)cc(C(=O)OCC(=O)Nc2cccc(CC)c2)cc1OC. The first-order valence-corrected chi connectivity index (χ1v) is 8.92. The van der Waals surface area contributed by atoms with Crippen LogP contribution in [0.1, 0.15) is 29.8 Å². The van der Waals surface area contributed by atoms with Crippen LogP contribution in [-0.2, 0) is 16.0 Å². The number of hydrogen-bond donors (Lipinski definition) is 1. The Balaban J connectivity index is 2.00. The van der Waals surface area contributed by atoms with E-state index in [4.69, 9.17) is 25.8 Å². The summed E-state index contributed by atoms with van der Waals surface area (Å²) in [6.07, 6.45) is 0.860. The van der Waals surface area contributed by atoms with Crippen molar-refractivity contribution in [2.45, 2.75) is 20.3 Å². The number of hydrogen-bond acceptors (Lipinski definition) is 5. The van der Waals surface area contributed by atoms with E-state index in [1.807, 2.05) is 32.0 Å². The molecule has 0 fully saturated rings. The van der Waals surface area contributed by atoms with Gasteiger partial charge in [0.15, 0.2) is 18.1 Å². The molecular weight excluding hydrogens is 370 g/mol. The van der Waals surface area contributed by atoms with Crippen molar-refractivity contribution in [3.05, 3.63) is 52.5 Å². The molecule has 27 heavy (non-hydrogen) atoms. The first kappa shape index (κ1) is 20.6. The first-order valence-electron chi connectivity index (χ1n) is 8.54. The van der Waals surface area contributed by atoms with Crippen molar-refractivity contribution in [1.29, 1.82) is 0 Å². The molecule has 0 spiro atoms. The lowest BCUT2D eigenvalue weighted by molar-refractivity contribution is -0.119. The molecule has 0 saturated heterocycles. The molecule has 0 aliphatic rings. The van der Waals surface area contributed by atoms with Gasteiger partial charge >= 0.3 is 5.97 Å². The fraction of sp³-hybridized carbons (Fsp3) is 0.300. The molecule has 0 bridgehead atoms. The highest BCUT2D eigenvalue weighted by molar-refractivity contribution is 6.32. The third kappa shape index (κ3) is 5.62. The molecule has 144 valence electrons. The minimum absolute atomic E-state index is 0.168. The molecule has 0 aliphatic carbocycles. The maximum atomic E-state index is 12.2. The van der Waals surface area contributed by atoms with Crippen LogP contribution in [0.2, 0.25) is 5.02 Å². The number of carbonyl (C=O) groups excluding carboxylic acids is 2. The van der Waals surface area contributed by atoms with Crippen LogP contribution < -0.4 is 14.8 Å². The van der Waals surface area contributed by atoms with Crippen LogP contribution in [-0.4, -0.2) is 32.2 Å². The van der Waals surface area contributed by atoms with E-state index in [9.17, 15) is 9.59 Å². The minimum Gasteiger partial charge on any atom is -0.493 e. The van der Waals surface area contributed by atoms with E-state index >= 15 is 0 Å². The van der Waals surface area contributed by atoms with Crippen LogP contribution in [0.4, 0.5) is 5.69 Å². The molecule has 1 N–H and O–H groups in total. The Bertz CT molecular complexity index is 822. The van der Waals surface area contributed by atoms with Gasteiger partial charge in [0.2, 0.25) is 0 Å². The number of nitrogens with one attached hydrogen (secondary N) is 1. The summed E-state index contributed by atoms with van der Waals surface area (Å²) in [5.41, 5.74) is 1.92. The lowest BCUT2D eigenvalue weighted by Crippen LogP contribution is -2.21. The molecule has 0 unspecified atom stereocenters. The number of rotatable bonds is 8. The van der Waals surface area contributed by atoms with Crippen LogP contribution in [0.5, 0.6) is 11.5 Å². The summed E-state index contributed by atoms with van der Waals surface area (Å²) in [5, 5.41) is 2.92. The highest BCUT2D eigenvalue weighted by Crippen LogP contribution is 2.36. The van der Waals surface area contributed by atoms with E-state index in [0.717, 1.165) is 12.0 Å². The summed E-state index contributed by atoms with van der Waals surface area (Å²) >= 11 is 6.14. The number of benzene rings is 2. The van der Waals surface area contributed by atoms with Crippen molar-refractivity contribution >= 4 is 29.2 Å². The highest BCUT2D eigenvalue weighted by Gasteiger charge is 2.17. The van der Waals surface area contributed by atoms with Crippen LogP contribution in [0.25, 0.3) is 0 Å². The van der Waals surface area contributed by atoms with Crippen LogP contribution >= 0.6 is 11.6 Å². The van der Waals surface area contributed by atoms with Crippen molar-refractivity contribution < 1.29 is 23.8 Å². The zero-order valence-corrected chi connectivity index (χ0v) is 16.3. The molecule has 1 amide bonds. The van der Waals surface area contributed by atoms with Crippen molar-refractivity contribution in [3.8, 4) is 11.5 Å². The van der Waals surface area contributed by atoms with Gasteiger partial charge in [-0.1, -0.05) is 30.7 Å². The summed E-state index contributed by atoms with van der Waals surface area (Å²) in [4.78, 5) is 24.3. The zero-order chi connectivity index (χ0) is 19.8. The number of carbonyl (C=O) groups is 2. The Morgan fingerprint density at radius 1 is 1.15 bits per heavy atom. The smallest absolute Gasteiger partial charge is 0.338 e. The second-order valence-electron chi connectivity index (χ2n) is 5.60. The van der Waals surface area contributed by atoms with Gasteiger partial charge in [0.05, 0.1) is 24.3 Å². The van der Waals surface area contributed by atoms with Crippen molar-refractivity contribution in [2.24, 2.45) is 0 Å². The van der Waals surface area contributed by atoms with Crippen molar-refractivity contribution in [3.63, 3.8) is 0 Å². The maximum Gasteiger partial charge on any atom is 0.338 e. The van der Waals surface area contributed by atoms with E-state index in [1.165, 1.54) is 19.2 Å². The average Bonchev–Trinajstić information content (AvgIpc) is 2.67. The van der Waals surface area contributed by atoms with Crippen LogP contribution in [0.3, 0.4) is 0 Å². The molecule has 0 saturated carbocycles. The van der Waals surface area contributed by atoms with E-state index in [-0.39, 0.29) is 10.6 Å². The number of amides is 1. The Hall–Kier alpha value is -2.73. The monoisotopic (exact) mass is 391 g/mol. The fourth-order valence-corrected chi connectivity index (χ4v) is 2.67. The van der Waals surface area contributed by atoms with Gasteiger partial charge in [-0.2, -0.15) is 0 Å². The van der Waals surface area contributed by atoms with Crippen molar-refractivity contribution in [2.75, 3.05) is 25.6 Å². The number of methoxy groups -OCH3 is 1. The summed E-state index contributed by atoms with van der Waals surface area (Å²) in [7, 11) is 1.45. The summed E-state index contributed by atoms with van der Waals surface area (Å²) in [6, 6.07) is 10.3. The molecule has 0 aromatic heterocycles. The standard InChI is InChI=1S/C20H22ClNO5/c1-4-13-7-6-8-15(9-13)22-18(23)12-27-20(24)14-10-16(21)19(26-5-2)17(11-14)25-3/h6-11H,4-5,12H2,1-3H3,(H,22,23). The normalized spacial score (nSPS) is 10.2. The number of esters is 1. The van der Waals surface area contributed by atoms with Crippen molar-refractivity contribution in [1.82, 2.24) is 0 Å². The quantitative estimate of drug-likeness (QED) is 0.685. The number of ether oxygens (including phenoxy) is 3. The molecule has 2 rings (SSSR count). The largest absolute Gasteiger partial charge is 0.493 e. The molecule has 6 nitrogen and oxygen atoms in total. The topological polar surface area (TPSA) is 73.9 Å². The van der Waals surface area contributed by atoms with Crippen LogP contribution in [0.15, 0.2) is 36.4 Å². The van der Waals surface area contributed by atoms with E-state index in [2.05, 4.69) is 5.32 Å².